The fourth-order valence-corrected chi connectivity index (χ4v) is 1.68. The highest BCUT2D eigenvalue weighted by Crippen LogP contribution is 2.26. The summed E-state index contributed by atoms with van der Waals surface area (Å²) < 4.78 is 0. The Morgan fingerprint density at radius 1 is 1.14 bits per heavy atom. The van der Waals surface area contributed by atoms with E-state index in [1.807, 2.05) is 12.1 Å². The Balaban J connectivity index is 2.89. The maximum Gasteiger partial charge on any atom is 0.119 e. The topological polar surface area (TPSA) is 20.2 Å². The highest BCUT2D eigenvalue weighted by Gasteiger charge is 2.06. The first-order valence-corrected chi connectivity index (χ1v) is 5.32. The minimum absolute atomic E-state index is 0.392. The van der Waals surface area contributed by atoms with Crippen LogP contribution in [-0.4, -0.2) is 5.11 Å². The first kappa shape index (κ1) is 11.1. The van der Waals surface area contributed by atoms with Crippen LogP contribution in [0.1, 0.15) is 44.7 Å². The minimum Gasteiger partial charge on any atom is -0.508 e. The molecule has 0 fully saturated rings. The van der Waals surface area contributed by atoms with Gasteiger partial charge in [0.25, 0.3) is 0 Å². The first-order valence-electron chi connectivity index (χ1n) is 5.32. The summed E-state index contributed by atoms with van der Waals surface area (Å²) in [6.45, 7) is 8.56. The number of rotatable bonds is 3. The van der Waals surface area contributed by atoms with Crippen LogP contribution in [0.5, 0.6) is 5.75 Å². The maximum atomic E-state index is 9.77. The van der Waals surface area contributed by atoms with Gasteiger partial charge in [-0.15, -0.1) is 0 Å². The van der Waals surface area contributed by atoms with Gasteiger partial charge in [-0.2, -0.15) is 0 Å². The zero-order chi connectivity index (χ0) is 10.7. The van der Waals surface area contributed by atoms with Crippen LogP contribution in [0.25, 0.3) is 0 Å². The van der Waals surface area contributed by atoms with E-state index in [1.54, 1.807) is 0 Å². The molecule has 0 bridgehead atoms. The van der Waals surface area contributed by atoms with Gasteiger partial charge < -0.3 is 5.11 Å². The molecule has 0 spiro atoms. The Morgan fingerprint density at radius 3 is 2.21 bits per heavy atom. The molecule has 1 N–H and O–H groups in total. The summed E-state index contributed by atoms with van der Waals surface area (Å²) >= 11 is 0. The van der Waals surface area contributed by atoms with Crippen LogP contribution in [0, 0.1) is 5.92 Å². The first-order chi connectivity index (χ1) is 6.50. The van der Waals surface area contributed by atoms with E-state index in [1.165, 1.54) is 5.56 Å². The Kier molecular flexibility index (Phi) is 3.56. The molecule has 0 aliphatic rings. The van der Waals surface area contributed by atoms with Gasteiger partial charge in [-0.05, 0) is 35.4 Å². The highest BCUT2D eigenvalue weighted by atomic mass is 16.3. The molecule has 0 radical (unpaired) electrons. The standard InChI is InChI=1S/C13H20O/c1-9(2)7-11-5-6-12(10(3)4)13(14)8-11/h5-6,8-10,14H,7H2,1-4H3. The summed E-state index contributed by atoms with van der Waals surface area (Å²) in [6.07, 6.45) is 1.03. The molecule has 0 heterocycles. The van der Waals surface area contributed by atoms with Gasteiger partial charge in [0.1, 0.15) is 5.75 Å². The van der Waals surface area contributed by atoms with Crippen LogP contribution in [0.4, 0.5) is 0 Å². The molecule has 0 saturated heterocycles. The van der Waals surface area contributed by atoms with E-state index in [0.29, 0.717) is 17.6 Å². The van der Waals surface area contributed by atoms with Crippen molar-refractivity contribution in [2.75, 3.05) is 0 Å². The van der Waals surface area contributed by atoms with Crippen molar-refractivity contribution in [1.82, 2.24) is 0 Å². The average Bonchev–Trinajstić information content (AvgIpc) is 2.01. The van der Waals surface area contributed by atoms with Crippen molar-refractivity contribution in [3.63, 3.8) is 0 Å². The number of aromatic hydroxyl groups is 1. The van der Waals surface area contributed by atoms with Gasteiger partial charge in [0, 0.05) is 0 Å². The molecular formula is C13H20O. The Labute approximate surface area is 86.8 Å². The number of benzene rings is 1. The van der Waals surface area contributed by atoms with E-state index in [-0.39, 0.29) is 0 Å². The largest absolute Gasteiger partial charge is 0.508 e. The minimum atomic E-state index is 0.392. The summed E-state index contributed by atoms with van der Waals surface area (Å²) in [5.74, 6) is 1.47. The van der Waals surface area contributed by atoms with Crippen molar-refractivity contribution in [3.8, 4) is 5.75 Å². The molecule has 0 saturated carbocycles. The molecule has 0 aliphatic heterocycles. The summed E-state index contributed by atoms with van der Waals surface area (Å²) in [5, 5.41) is 9.77. The Morgan fingerprint density at radius 2 is 1.79 bits per heavy atom. The third kappa shape index (κ3) is 2.76. The molecule has 1 nitrogen and oxygen atoms in total. The van der Waals surface area contributed by atoms with Crippen LogP contribution >= 0.6 is 0 Å². The van der Waals surface area contributed by atoms with Crippen molar-refractivity contribution in [2.24, 2.45) is 5.92 Å². The van der Waals surface area contributed by atoms with E-state index in [2.05, 4.69) is 33.8 Å². The van der Waals surface area contributed by atoms with Gasteiger partial charge in [-0.1, -0.05) is 39.8 Å². The lowest BCUT2D eigenvalue weighted by Crippen LogP contribution is -1.95. The molecule has 1 aromatic carbocycles. The molecule has 0 aliphatic carbocycles. The van der Waals surface area contributed by atoms with E-state index in [9.17, 15) is 5.11 Å². The molecule has 1 heteroatoms. The number of phenolic OH excluding ortho intramolecular Hbond substituents is 1. The second-order valence-electron chi connectivity index (χ2n) is 4.65. The lowest BCUT2D eigenvalue weighted by molar-refractivity contribution is 0.463. The zero-order valence-corrected chi connectivity index (χ0v) is 9.54. The van der Waals surface area contributed by atoms with Gasteiger partial charge in [-0.25, -0.2) is 0 Å². The van der Waals surface area contributed by atoms with Crippen molar-refractivity contribution in [2.45, 2.75) is 40.0 Å². The predicted octanol–water partition coefficient (Wildman–Crippen LogP) is 3.71. The van der Waals surface area contributed by atoms with Gasteiger partial charge in [-0.3, -0.25) is 0 Å². The fourth-order valence-electron chi connectivity index (χ4n) is 1.68. The van der Waals surface area contributed by atoms with Crippen molar-refractivity contribution in [1.29, 1.82) is 0 Å². The molecule has 1 aromatic rings. The van der Waals surface area contributed by atoms with Gasteiger partial charge in [0.2, 0.25) is 0 Å². The lowest BCUT2D eigenvalue weighted by atomic mass is 9.97. The fraction of sp³-hybridized carbons (Fsp3) is 0.538. The lowest BCUT2D eigenvalue weighted by Gasteiger charge is -2.11. The molecule has 0 unspecified atom stereocenters. The number of hydrogen-bond donors (Lipinski definition) is 1. The molecule has 78 valence electrons. The monoisotopic (exact) mass is 192 g/mol. The highest BCUT2D eigenvalue weighted by molar-refractivity contribution is 5.38. The SMILES string of the molecule is CC(C)Cc1ccc(C(C)C)c(O)c1. The van der Waals surface area contributed by atoms with Crippen molar-refractivity contribution in [3.05, 3.63) is 29.3 Å². The predicted molar refractivity (Wildman–Crippen MR) is 60.7 cm³/mol. The molecule has 0 atom stereocenters. The van der Waals surface area contributed by atoms with Crippen LogP contribution in [0.3, 0.4) is 0 Å². The Bertz CT molecular complexity index is 300. The molecule has 0 amide bonds. The van der Waals surface area contributed by atoms with Crippen LogP contribution in [-0.2, 0) is 6.42 Å². The van der Waals surface area contributed by atoms with Crippen LogP contribution in [0.15, 0.2) is 18.2 Å². The third-order valence-corrected chi connectivity index (χ3v) is 2.36. The van der Waals surface area contributed by atoms with Crippen LogP contribution < -0.4 is 0 Å². The number of hydrogen-bond acceptors (Lipinski definition) is 1. The Hall–Kier alpha value is -0.980. The third-order valence-electron chi connectivity index (χ3n) is 2.36. The number of phenols is 1. The molecule has 1 rings (SSSR count). The molecule has 0 aromatic heterocycles. The smallest absolute Gasteiger partial charge is 0.119 e. The normalized spacial score (nSPS) is 11.3. The van der Waals surface area contributed by atoms with Crippen LogP contribution in [0.2, 0.25) is 0 Å². The second-order valence-corrected chi connectivity index (χ2v) is 4.65. The quantitative estimate of drug-likeness (QED) is 0.774. The molecular weight excluding hydrogens is 172 g/mol. The molecule has 14 heavy (non-hydrogen) atoms. The summed E-state index contributed by atoms with van der Waals surface area (Å²) in [7, 11) is 0. The van der Waals surface area contributed by atoms with Crippen molar-refractivity contribution < 1.29 is 5.11 Å². The van der Waals surface area contributed by atoms with E-state index < -0.39 is 0 Å². The van der Waals surface area contributed by atoms with Crippen molar-refractivity contribution >= 4 is 0 Å². The van der Waals surface area contributed by atoms with E-state index in [4.69, 9.17) is 0 Å². The summed E-state index contributed by atoms with van der Waals surface area (Å²) in [6, 6.07) is 6.06. The van der Waals surface area contributed by atoms with E-state index >= 15 is 0 Å². The summed E-state index contributed by atoms with van der Waals surface area (Å²) in [5.41, 5.74) is 2.26. The van der Waals surface area contributed by atoms with E-state index in [0.717, 1.165) is 12.0 Å². The van der Waals surface area contributed by atoms with Gasteiger partial charge in [0.15, 0.2) is 0 Å². The van der Waals surface area contributed by atoms with Gasteiger partial charge >= 0.3 is 0 Å². The van der Waals surface area contributed by atoms with Gasteiger partial charge in [0.05, 0.1) is 0 Å². The maximum absolute atomic E-state index is 9.77. The second kappa shape index (κ2) is 4.50. The summed E-state index contributed by atoms with van der Waals surface area (Å²) in [4.78, 5) is 0. The zero-order valence-electron chi connectivity index (χ0n) is 9.54. The average molecular weight is 192 g/mol.